The van der Waals surface area contributed by atoms with Crippen LogP contribution < -0.4 is 11.1 Å². The molecule has 0 bridgehead atoms. The Balaban J connectivity index is 1.99. The van der Waals surface area contributed by atoms with Gasteiger partial charge in [0.05, 0.1) is 0 Å². The van der Waals surface area contributed by atoms with Crippen LogP contribution in [0.5, 0.6) is 0 Å². The van der Waals surface area contributed by atoms with E-state index in [0.29, 0.717) is 11.9 Å². The van der Waals surface area contributed by atoms with Crippen LogP contribution in [0.4, 0.5) is 5.82 Å². The first-order valence-electron chi connectivity index (χ1n) is 6.65. The lowest BCUT2D eigenvalue weighted by atomic mass is 10.0. The third-order valence-electron chi connectivity index (χ3n) is 3.71. The van der Waals surface area contributed by atoms with E-state index < -0.39 is 0 Å². The van der Waals surface area contributed by atoms with Crippen LogP contribution in [0.25, 0.3) is 0 Å². The monoisotopic (exact) mass is 233 g/mol. The first kappa shape index (κ1) is 12.4. The van der Waals surface area contributed by atoms with Gasteiger partial charge in [-0.05, 0) is 49.3 Å². The number of aromatic nitrogens is 1. The highest BCUT2D eigenvalue weighted by Crippen LogP contribution is 2.41. The highest BCUT2D eigenvalue weighted by Gasteiger charge is 2.39. The fraction of sp³-hybridized carbons (Fsp3) is 0.643. The van der Waals surface area contributed by atoms with Crippen molar-refractivity contribution in [1.82, 2.24) is 10.3 Å². The second-order valence-corrected chi connectivity index (χ2v) is 5.19. The second-order valence-electron chi connectivity index (χ2n) is 5.19. The molecule has 1 aliphatic rings. The van der Waals surface area contributed by atoms with Gasteiger partial charge in [-0.15, -0.1) is 0 Å². The fourth-order valence-corrected chi connectivity index (χ4v) is 2.48. The summed E-state index contributed by atoms with van der Waals surface area (Å²) >= 11 is 0. The van der Waals surface area contributed by atoms with Gasteiger partial charge in [0.1, 0.15) is 5.82 Å². The summed E-state index contributed by atoms with van der Waals surface area (Å²) in [5.74, 6) is 2.37. The Bertz CT molecular complexity index is 364. The molecule has 1 heterocycles. The molecule has 0 amide bonds. The van der Waals surface area contributed by atoms with E-state index in [0.717, 1.165) is 24.8 Å². The molecule has 3 atom stereocenters. The number of hydrogen-bond acceptors (Lipinski definition) is 3. The number of hydrogen-bond donors (Lipinski definition) is 2. The number of nitrogens with zero attached hydrogens (tertiary/aromatic N) is 1. The molecule has 1 fully saturated rings. The van der Waals surface area contributed by atoms with E-state index in [4.69, 9.17) is 5.73 Å². The summed E-state index contributed by atoms with van der Waals surface area (Å²) in [7, 11) is 0. The summed E-state index contributed by atoms with van der Waals surface area (Å²) < 4.78 is 0. The molecule has 2 rings (SSSR count). The van der Waals surface area contributed by atoms with Crippen molar-refractivity contribution in [3.8, 4) is 0 Å². The summed E-state index contributed by atoms with van der Waals surface area (Å²) in [6, 6.07) is 4.63. The third kappa shape index (κ3) is 3.19. The van der Waals surface area contributed by atoms with Crippen LogP contribution in [0.15, 0.2) is 18.3 Å². The molecule has 0 aliphatic heterocycles. The number of anilines is 1. The minimum Gasteiger partial charge on any atom is -0.383 e. The van der Waals surface area contributed by atoms with E-state index in [1.807, 2.05) is 6.07 Å². The van der Waals surface area contributed by atoms with Crippen molar-refractivity contribution in [2.75, 3.05) is 12.3 Å². The number of nitrogens with two attached hydrogens (primary N) is 1. The van der Waals surface area contributed by atoms with Crippen LogP contribution in [-0.4, -0.2) is 17.6 Å². The van der Waals surface area contributed by atoms with E-state index in [1.165, 1.54) is 18.4 Å². The van der Waals surface area contributed by atoms with Crippen molar-refractivity contribution in [1.29, 1.82) is 0 Å². The Morgan fingerprint density at radius 1 is 1.59 bits per heavy atom. The van der Waals surface area contributed by atoms with Crippen molar-refractivity contribution in [3.05, 3.63) is 23.9 Å². The van der Waals surface area contributed by atoms with Gasteiger partial charge in [0.15, 0.2) is 0 Å². The second kappa shape index (κ2) is 5.50. The Morgan fingerprint density at radius 3 is 2.94 bits per heavy atom. The predicted molar refractivity (Wildman–Crippen MR) is 71.7 cm³/mol. The minimum absolute atomic E-state index is 0.566. The summed E-state index contributed by atoms with van der Waals surface area (Å²) in [4.78, 5) is 4.16. The van der Waals surface area contributed by atoms with Crippen LogP contribution in [0.2, 0.25) is 0 Å². The van der Waals surface area contributed by atoms with Gasteiger partial charge in [-0.25, -0.2) is 4.98 Å². The lowest BCUT2D eigenvalue weighted by Crippen LogP contribution is -2.34. The van der Waals surface area contributed by atoms with Gasteiger partial charge in [-0.3, -0.25) is 0 Å². The zero-order valence-corrected chi connectivity index (χ0v) is 10.8. The average molecular weight is 233 g/mol. The molecule has 0 aromatic carbocycles. The molecule has 3 N–H and O–H groups in total. The van der Waals surface area contributed by atoms with Gasteiger partial charge in [0, 0.05) is 12.2 Å². The van der Waals surface area contributed by atoms with Crippen molar-refractivity contribution >= 4 is 5.82 Å². The van der Waals surface area contributed by atoms with E-state index in [2.05, 4.69) is 30.2 Å². The maximum atomic E-state index is 5.91. The third-order valence-corrected chi connectivity index (χ3v) is 3.71. The molecule has 1 saturated carbocycles. The maximum Gasteiger partial charge on any atom is 0.126 e. The molecule has 3 heteroatoms. The SMILES string of the molecule is CCCNC(Cc1cccnc1N)C1CC1C. The Morgan fingerprint density at radius 2 is 2.35 bits per heavy atom. The van der Waals surface area contributed by atoms with Crippen molar-refractivity contribution in [2.45, 2.75) is 39.2 Å². The number of nitrogen functional groups attached to an aromatic ring is 1. The summed E-state index contributed by atoms with van der Waals surface area (Å²) in [6.07, 6.45) is 5.30. The molecule has 0 saturated heterocycles. The number of rotatable bonds is 6. The van der Waals surface area contributed by atoms with E-state index in [1.54, 1.807) is 6.20 Å². The van der Waals surface area contributed by atoms with Gasteiger partial charge < -0.3 is 11.1 Å². The lowest BCUT2D eigenvalue weighted by molar-refractivity contribution is 0.444. The molecule has 17 heavy (non-hydrogen) atoms. The molecule has 1 aliphatic carbocycles. The van der Waals surface area contributed by atoms with Gasteiger partial charge in [-0.2, -0.15) is 0 Å². The topological polar surface area (TPSA) is 50.9 Å². The van der Waals surface area contributed by atoms with Crippen LogP contribution >= 0.6 is 0 Å². The molecule has 1 aromatic rings. The quantitative estimate of drug-likeness (QED) is 0.792. The Labute approximate surface area is 104 Å². The molecule has 0 spiro atoms. The van der Waals surface area contributed by atoms with Gasteiger partial charge in [0.2, 0.25) is 0 Å². The molecule has 3 nitrogen and oxygen atoms in total. The fourth-order valence-electron chi connectivity index (χ4n) is 2.48. The average Bonchev–Trinajstić information content (AvgIpc) is 3.04. The molecular weight excluding hydrogens is 210 g/mol. The first-order valence-corrected chi connectivity index (χ1v) is 6.65. The van der Waals surface area contributed by atoms with Gasteiger partial charge >= 0.3 is 0 Å². The van der Waals surface area contributed by atoms with Gasteiger partial charge in [-0.1, -0.05) is 19.9 Å². The number of pyridine rings is 1. The molecule has 1 aromatic heterocycles. The predicted octanol–water partition coefficient (Wildman–Crippen LogP) is 2.23. The molecule has 3 unspecified atom stereocenters. The Hall–Kier alpha value is -1.09. The van der Waals surface area contributed by atoms with Gasteiger partial charge in [0.25, 0.3) is 0 Å². The molecule has 0 radical (unpaired) electrons. The van der Waals surface area contributed by atoms with Crippen LogP contribution in [0.3, 0.4) is 0 Å². The lowest BCUT2D eigenvalue weighted by Gasteiger charge is -2.19. The van der Waals surface area contributed by atoms with Crippen LogP contribution in [-0.2, 0) is 6.42 Å². The summed E-state index contributed by atoms with van der Waals surface area (Å²) in [6.45, 7) is 5.63. The highest BCUT2D eigenvalue weighted by molar-refractivity contribution is 5.39. The largest absolute Gasteiger partial charge is 0.383 e. The van der Waals surface area contributed by atoms with Crippen LogP contribution in [0, 0.1) is 11.8 Å². The van der Waals surface area contributed by atoms with E-state index in [9.17, 15) is 0 Å². The molecular formula is C14H23N3. The van der Waals surface area contributed by atoms with Crippen molar-refractivity contribution in [2.24, 2.45) is 11.8 Å². The van der Waals surface area contributed by atoms with Crippen molar-refractivity contribution in [3.63, 3.8) is 0 Å². The van der Waals surface area contributed by atoms with Crippen molar-refractivity contribution < 1.29 is 0 Å². The highest BCUT2D eigenvalue weighted by atomic mass is 14.9. The maximum absolute atomic E-state index is 5.91. The summed E-state index contributed by atoms with van der Waals surface area (Å²) in [5.41, 5.74) is 7.09. The minimum atomic E-state index is 0.566. The number of nitrogens with one attached hydrogen (secondary N) is 1. The molecule has 94 valence electrons. The van der Waals surface area contributed by atoms with E-state index >= 15 is 0 Å². The Kier molecular flexibility index (Phi) is 4.00. The summed E-state index contributed by atoms with van der Waals surface area (Å²) in [5, 5.41) is 3.65. The zero-order valence-electron chi connectivity index (χ0n) is 10.8. The standard InChI is InChI=1S/C14H23N3/c1-3-6-16-13(12-8-10(12)2)9-11-5-4-7-17-14(11)15/h4-5,7,10,12-13,16H,3,6,8-9H2,1-2H3,(H2,15,17). The van der Waals surface area contributed by atoms with E-state index in [-0.39, 0.29) is 0 Å². The smallest absolute Gasteiger partial charge is 0.126 e. The van der Waals surface area contributed by atoms with Crippen LogP contribution in [0.1, 0.15) is 32.3 Å². The normalized spacial score (nSPS) is 24.6. The first-order chi connectivity index (χ1) is 8.22. The zero-order chi connectivity index (χ0) is 12.3.